The van der Waals surface area contributed by atoms with Crippen LogP contribution in [0.2, 0.25) is 5.02 Å². The Kier molecular flexibility index (Phi) is 7.14. The van der Waals surface area contributed by atoms with Crippen LogP contribution in [0.5, 0.6) is 5.75 Å². The molecule has 1 amide bonds. The molecule has 0 bridgehead atoms. The third kappa shape index (κ3) is 5.88. The van der Waals surface area contributed by atoms with Gasteiger partial charge in [-0.15, -0.1) is 0 Å². The first-order chi connectivity index (χ1) is 17.5. The predicted molar refractivity (Wildman–Crippen MR) is 137 cm³/mol. The van der Waals surface area contributed by atoms with Crippen LogP contribution in [-0.2, 0) is 10.0 Å². The second kappa shape index (κ2) is 10.3. The van der Waals surface area contributed by atoms with Gasteiger partial charge in [-0.3, -0.25) is 9.52 Å². The van der Waals surface area contributed by atoms with E-state index in [-0.39, 0.29) is 38.2 Å². The van der Waals surface area contributed by atoms with Crippen molar-refractivity contribution in [3.05, 3.63) is 107 Å². The monoisotopic (exact) mass is 540 g/mol. The van der Waals surface area contributed by atoms with Crippen LogP contribution in [0.4, 0.5) is 15.8 Å². The summed E-state index contributed by atoms with van der Waals surface area (Å²) in [7, 11) is -4.13. The highest BCUT2D eigenvalue weighted by atomic mass is 35.5. The van der Waals surface area contributed by atoms with E-state index in [4.69, 9.17) is 11.6 Å². The van der Waals surface area contributed by atoms with Gasteiger partial charge in [0, 0.05) is 11.3 Å². The van der Waals surface area contributed by atoms with Crippen molar-refractivity contribution in [3.63, 3.8) is 0 Å². The molecule has 0 fully saturated rings. The molecule has 0 saturated carbocycles. The Balaban J connectivity index is 1.51. The largest absolute Gasteiger partial charge is 0.506 e. The van der Waals surface area contributed by atoms with E-state index >= 15 is 0 Å². The lowest BCUT2D eigenvalue weighted by Gasteiger charge is -2.12. The summed E-state index contributed by atoms with van der Waals surface area (Å²) in [6.07, 6.45) is 0. The van der Waals surface area contributed by atoms with Crippen molar-refractivity contribution in [2.75, 3.05) is 10.0 Å². The van der Waals surface area contributed by atoms with Gasteiger partial charge in [0.1, 0.15) is 11.6 Å². The fourth-order valence-corrected chi connectivity index (χ4v) is 4.66. The van der Waals surface area contributed by atoms with Gasteiger partial charge in [-0.2, -0.15) is 0 Å². The van der Waals surface area contributed by atoms with Gasteiger partial charge in [-0.05, 0) is 77.9 Å². The number of anilines is 2. The molecule has 0 aromatic heterocycles. The molecule has 4 N–H and O–H groups in total. The van der Waals surface area contributed by atoms with Gasteiger partial charge in [-0.1, -0.05) is 29.8 Å². The van der Waals surface area contributed by atoms with E-state index in [1.165, 1.54) is 42.5 Å². The number of rotatable bonds is 7. The molecule has 0 radical (unpaired) electrons. The van der Waals surface area contributed by atoms with Crippen molar-refractivity contribution >= 4 is 44.9 Å². The Morgan fingerprint density at radius 1 is 0.838 bits per heavy atom. The number of hydrogen-bond acceptors (Lipinski definition) is 5. The minimum atomic E-state index is -4.13. The quantitative estimate of drug-likeness (QED) is 0.178. The van der Waals surface area contributed by atoms with E-state index in [9.17, 15) is 32.6 Å². The van der Waals surface area contributed by atoms with Gasteiger partial charge in [-0.25, -0.2) is 17.6 Å². The fraction of sp³-hybridized carbons (Fsp3) is 0. The standard InChI is InChI=1S/C26H18ClFN2O6S/c27-22-11-5-17(13-21(22)26(33)34)15-1-3-16(4-2-15)25(32)29-19-8-12-24(31)23(14-19)30-37(35,36)20-9-6-18(28)7-10-20/h1-14,30-31H,(H,29,32)(H,33,34). The topological polar surface area (TPSA) is 133 Å². The molecule has 4 aromatic carbocycles. The lowest BCUT2D eigenvalue weighted by Crippen LogP contribution is -2.14. The van der Waals surface area contributed by atoms with Crippen molar-refractivity contribution in [2.24, 2.45) is 0 Å². The number of nitrogens with one attached hydrogen (secondary N) is 2. The number of amides is 1. The smallest absolute Gasteiger partial charge is 0.337 e. The Morgan fingerprint density at radius 3 is 2.14 bits per heavy atom. The molecule has 0 aliphatic heterocycles. The van der Waals surface area contributed by atoms with E-state index in [2.05, 4.69) is 10.0 Å². The minimum Gasteiger partial charge on any atom is -0.506 e. The highest BCUT2D eigenvalue weighted by Crippen LogP contribution is 2.30. The van der Waals surface area contributed by atoms with Crippen LogP contribution in [0.1, 0.15) is 20.7 Å². The molecule has 0 saturated heterocycles. The minimum absolute atomic E-state index is 0.0424. The number of phenols is 1. The number of carbonyl (C=O) groups excluding carboxylic acids is 1. The molecule has 0 aliphatic rings. The molecular formula is C26H18ClFN2O6S. The third-order valence-corrected chi connectivity index (χ3v) is 7.01. The van der Waals surface area contributed by atoms with Crippen LogP contribution in [0.25, 0.3) is 11.1 Å². The van der Waals surface area contributed by atoms with Crippen LogP contribution >= 0.6 is 11.6 Å². The Labute approximate surface area is 216 Å². The molecule has 188 valence electrons. The van der Waals surface area contributed by atoms with Gasteiger partial charge in [0.05, 0.1) is 21.2 Å². The molecular weight excluding hydrogens is 523 g/mol. The maximum absolute atomic E-state index is 13.1. The van der Waals surface area contributed by atoms with E-state index < -0.39 is 27.7 Å². The highest BCUT2D eigenvalue weighted by Gasteiger charge is 2.17. The van der Waals surface area contributed by atoms with Gasteiger partial charge in [0.15, 0.2) is 0 Å². The van der Waals surface area contributed by atoms with E-state index in [1.54, 1.807) is 18.2 Å². The number of carboxylic acids is 1. The van der Waals surface area contributed by atoms with Crippen molar-refractivity contribution in [3.8, 4) is 16.9 Å². The van der Waals surface area contributed by atoms with E-state index in [1.807, 2.05) is 0 Å². The molecule has 0 unspecified atom stereocenters. The van der Waals surface area contributed by atoms with Gasteiger partial charge in [0.2, 0.25) is 0 Å². The number of carbonyl (C=O) groups is 2. The Hall–Kier alpha value is -4.41. The van der Waals surface area contributed by atoms with E-state index in [0.717, 1.165) is 24.3 Å². The van der Waals surface area contributed by atoms with Crippen LogP contribution in [0, 0.1) is 5.82 Å². The molecule has 0 atom stereocenters. The second-order valence-corrected chi connectivity index (χ2v) is 9.91. The zero-order valence-electron chi connectivity index (χ0n) is 18.8. The molecule has 0 aliphatic carbocycles. The van der Waals surface area contributed by atoms with Crippen LogP contribution in [-0.4, -0.2) is 30.5 Å². The maximum Gasteiger partial charge on any atom is 0.337 e. The summed E-state index contributed by atoms with van der Waals surface area (Å²) in [5, 5.41) is 22.1. The third-order valence-electron chi connectivity index (χ3n) is 5.30. The average Bonchev–Trinajstić information content (AvgIpc) is 2.86. The van der Waals surface area contributed by atoms with Gasteiger partial charge < -0.3 is 15.5 Å². The summed E-state index contributed by atoms with van der Waals surface area (Å²) in [6, 6.07) is 18.9. The summed E-state index contributed by atoms with van der Waals surface area (Å²) in [6.45, 7) is 0. The van der Waals surface area contributed by atoms with E-state index in [0.29, 0.717) is 11.1 Å². The predicted octanol–water partition coefficient (Wildman–Crippen LogP) is 5.60. The Bertz CT molecular complexity index is 1610. The zero-order chi connectivity index (χ0) is 26.7. The number of benzene rings is 4. The van der Waals surface area contributed by atoms with Crippen molar-refractivity contribution in [1.82, 2.24) is 0 Å². The number of hydrogen-bond donors (Lipinski definition) is 4. The first-order valence-electron chi connectivity index (χ1n) is 10.6. The molecule has 8 nitrogen and oxygen atoms in total. The zero-order valence-corrected chi connectivity index (χ0v) is 20.3. The number of carboxylic acid groups (broad SMARTS) is 1. The maximum atomic E-state index is 13.1. The number of aromatic carboxylic acids is 1. The van der Waals surface area contributed by atoms with Crippen LogP contribution < -0.4 is 10.0 Å². The first kappa shape index (κ1) is 25.7. The van der Waals surface area contributed by atoms with Crippen LogP contribution in [0.15, 0.2) is 89.8 Å². The molecule has 4 rings (SSSR count). The SMILES string of the molecule is O=C(Nc1ccc(O)c(NS(=O)(=O)c2ccc(F)cc2)c1)c1ccc(-c2ccc(Cl)c(C(=O)O)c2)cc1. The first-order valence-corrected chi connectivity index (χ1v) is 12.5. The van der Waals surface area contributed by atoms with Crippen molar-refractivity contribution in [1.29, 1.82) is 0 Å². The lowest BCUT2D eigenvalue weighted by atomic mass is 10.0. The van der Waals surface area contributed by atoms with Gasteiger partial charge >= 0.3 is 5.97 Å². The molecule has 37 heavy (non-hydrogen) atoms. The normalized spacial score (nSPS) is 11.1. The summed E-state index contributed by atoms with van der Waals surface area (Å²) in [4.78, 5) is 23.9. The summed E-state index contributed by atoms with van der Waals surface area (Å²) >= 11 is 5.91. The second-order valence-electron chi connectivity index (χ2n) is 7.82. The summed E-state index contributed by atoms with van der Waals surface area (Å²) in [5.74, 6) is -2.64. The summed E-state index contributed by atoms with van der Waals surface area (Å²) < 4.78 is 40.5. The van der Waals surface area contributed by atoms with Gasteiger partial charge in [0.25, 0.3) is 15.9 Å². The summed E-state index contributed by atoms with van der Waals surface area (Å²) in [5.41, 5.74) is 1.52. The fourth-order valence-electron chi connectivity index (χ4n) is 3.40. The van der Waals surface area contributed by atoms with Crippen molar-refractivity contribution in [2.45, 2.75) is 4.90 Å². The molecule has 4 aromatic rings. The number of sulfonamides is 1. The number of aromatic hydroxyl groups is 1. The number of halogens is 2. The number of phenolic OH excluding ortho intramolecular Hbond substituents is 1. The molecule has 0 spiro atoms. The molecule has 0 heterocycles. The van der Waals surface area contributed by atoms with Crippen molar-refractivity contribution < 1.29 is 32.6 Å². The molecule has 11 heteroatoms. The highest BCUT2D eigenvalue weighted by molar-refractivity contribution is 7.92. The van der Waals surface area contributed by atoms with Crippen LogP contribution in [0.3, 0.4) is 0 Å². The lowest BCUT2D eigenvalue weighted by molar-refractivity contribution is 0.0697. The average molecular weight is 541 g/mol. The Morgan fingerprint density at radius 2 is 1.49 bits per heavy atom.